The molecule has 2 fully saturated rings. The Morgan fingerprint density at radius 3 is 2.82 bits per heavy atom. The lowest BCUT2D eigenvalue weighted by Gasteiger charge is -2.39. The van der Waals surface area contributed by atoms with Gasteiger partial charge in [0.05, 0.1) is 29.7 Å². The number of rotatable bonds is 5. The third-order valence-electron chi connectivity index (χ3n) is 7.07. The number of hydrogen-bond acceptors (Lipinski definition) is 4. The summed E-state index contributed by atoms with van der Waals surface area (Å²) in [6.45, 7) is 1.38. The van der Waals surface area contributed by atoms with Crippen LogP contribution in [0, 0.1) is 11.6 Å². The van der Waals surface area contributed by atoms with Crippen molar-refractivity contribution in [3.05, 3.63) is 65.5 Å². The molecule has 1 aromatic heterocycles. The fourth-order valence-electron chi connectivity index (χ4n) is 5.42. The minimum absolute atomic E-state index is 0.0491. The van der Waals surface area contributed by atoms with E-state index in [0.717, 1.165) is 35.8 Å². The Morgan fingerprint density at radius 2 is 2.06 bits per heavy atom. The van der Waals surface area contributed by atoms with E-state index in [2.05, 4.69) is 15.6 Å². The van der Waals surface area contributed by atoms with Gasteiger partial charge in [0.1, 0.15) is 5.82 Å². The molecule has 3 aromatic rings. The molecular formula is C25H27F2N5O2. The number of nitrogens with one attached hydrogen (secondary N) is 2. The van der Waals surface area contributed by atoms with E-state index < -0.39 is 17.2 Å². The zero-order chi connectivity index (χ0) is 23.9. The number of imidazole rings is 1. The van der Waals surface area contributed by atoms with Crippen molar-refractivity contribution >= 4 is 22.8 Å². The third-order valence-corrected chi connectivity index (χ3v) is 7.07. The quantitative estimate of drug-likeness (QED) is 0.605. The van der Waals surface area contributed by atoms with Crippen molar-refractivity contribution in [3.63, 3.8) is 0 Å². The highest BCUT2D eigenvalue weighted by atomic mass is 19.2. The Kier molecular flexibility index (Phi) is 5.81. The van der Waals surface area contributed by atoms with E-state index >= 15 is 0 Å². The van der Waals surface area contributed by atoms with E-state index in [1.165, 1.54) is 6.07 Å². The summed E-state index contributed by atoms with van der Waals surface area (Å²) in [5.74, 6) is -1.50. The van der Waals surface area contributed by atoms with Crippen molar-refractivity contribution in [1.82, 2.24) is 25.1 Å². The van der Waals surface area contributed by atoms with Crippen LogP contribution in [0.15, 0.2) is 42.5 Å². The van der Waals surface area contributed by atoms with Crippen molar-refractivity contribution in [2.45, 2.75) is 37.3 Å². The van der Waals surface area contributed by atoms with Gasteiger partial charge in [-0.1, -0.05) is 18.2 Å². The number of likely N-dealkylation sites (tertiary alicyclic amines) is 1. The fraction of sp³-hybridized carbons (Fsp3) is 0.400. The summed E-state index contributed by atoms with van der Waals surface area (Å²) in [7, 11) is 1.92. The van der Waals surface area contributed by atoms with E-state index in [0.29, 0.717) is 31.6 Å². The van der Waals surface area contributed by atoms with Crippen LogP contribution in [0.1, 0.15) is 36.6 Å². The first-order valence-electron chi connectivity index (χ1n) is 11.5. The van der Waals surface area contributed by atoms with Crippen molar-refractivity contribution < 1.29 is 18.4 Å². The number of halogens is 2. The molecule has 5 rings (SSSR count). The van der Waals surface area contributed by atoms with Crippen molar-refractivity contribution in [3.8, 4) is 0 Å². The summed E-state index contributed by atoms with van der Waals surface area (Å²) in [6.07, 6.45) is 1.89. The van der Waals surface area contributed by atoms with Crippen LogP contribution in [0.2, 0.25) is 0 Å². The smallest absolute Gasteiger partial charge is 0.234 e. The molecule has 2 aliphatic rings. The predicted octanol–water partition coefficient (Wildman–Crippen LogP) is 2.61. The van der Waals surface area contributed by atoms with E-state index in [9.17, 15) is 18.4 Å². The van der Waals surface area contributed by atoms with Gasteiger partial charge < -0.3 is 15.2 Å². The molecule has 3 heterocycles. The van der Waals surface area contributed by atoms with Crippen molar-refractivity contribution in [1.29, 1.82) is 0 Å². The number of hydrogen-bond donors (Lipinski definition) is 2. The van der Waals surface area contributed by atoms with Crippen LogP contribution in [-0.4, -0.2) is 51.4 Å². The Bertz CT molecular complexity index is 1260. The summed E-state index contributed by atoms with van der Waals surface area (Å²) in [6, 6.07) is 11.7. The van der Waals surface area contributed by atoms with Crippen molar-refractivity contribution in [2.24, 2.45) is 7.05 Å². The summed E-state index contributed by atoms with van der Waals surface area (Å²) in [4.78, 5) is 31.6. The molecule has 178 valence electrons. The lowest BCUT2D eigenvalue weighted by Crippen LogP contribution is -2.56. The second-order valence-corrected chi connectivity index (χ2v) is 9.31. The van der Waals surface area contributed by atoms with Gasteiger partial charge in [-0.15, -0.1) is 0 Å². The molecule has 2 aromatic carbocycles. The Morgan fingerprint density at radius 1 is 1.24 bits per heavy atom. The molecule has 34 heavy (non-hydrogen) atoms. The number of aromatic nitrogens is 2. The maximum atomic E-state index is 14.0. The molecule has 0 radical (unpaired) electrons. The molecule has 2 aliphatic heterocycles. The molecule has 1 spiro atoms. The largest absolute Gasteiger partial charge is 0.349 e. The average molecular weight is 468 g/mol. The first-order chi connectivity index (χ1) is 16.3. The van der Waals surface area contributed by atoms with Crippen LogP contribution in [0.3, 0.4) is 0 Å². The molecule has 2 atom stereocenters. The van der Waals surface area contributed by atoms with E-state index in [4.69, 9.17) is 0 Å². The van der Waals surface area contributed by atoms with Gasteiger partial charge >= 0.3 is 0 Å². The minimum atomic E-state index is -0.909. The topological polar surface area (TPSA) is 79.3 Å². The highest BCUT2D eigenvalue weighted by Gasteiger charge is 2.49. The van der Waals surface area contributed by atoms with Crippen LogP contribution in [0.4, 0.5) is 8.78 Å². The number of piperidine rings is 1. The molecule has 9 heteroatoms. The predicted molar refractivity (Wildman–Crippen MR) is 123 cm³/mol. The van der Waals surface area contributed by atoms with Gasteiger partial charge in [-0.3, -0.25) is 14.5 Å². The molecule has 2 saturated heterocycles. The highest BCUT2D eigenvalue weighted by Crippen LogP contribution is 2.41. The molecule has 2 amide bonds. The summed E-state index contributed by atoms with van der Waals surface area (Å²) in [5.41, 5.74) is 1.90. The normalized spacial score (nSPS) is 22.9. The van der Waals surface area contributed by atoms with Crippen LogP contribution in [-0.2, 0) is 23.2 Å². The van der Waals surface area contributed by atoms with E-state index in [-0.39, 0.29) is 24.3 Å². The van der Waals surface area contributed by atoms with E-state index in [1.807, 2.05) is 40.8 Å². The number of aryl methyl sites for hydroxylation is 1. The second-order valence-electron chi connectivity index (χ2n) is 9.31. The molecule has 0 unspecified atom stereocenters. The standard InChI is InChI=1S/C25H27F2N5O2/c1-31-21-6-3-2-5-20(21)29-22(31)12-28-24(34)14-32-13-17(16-8-9-18(26)19(27)11-16)25(15-32)10-4-7-23(33)30-25/h2-3,5-6,8-9,11,17H,4,7,10,12-15H2,1H3,(H,28,34)(H,30,33)/t17-,25+/m0/s1. The number of nitrogens with zero attached hydrogens (tertiary/aromatic N) is 3. The van der Waals surface area contributed by atoms with Gasteiger partial charge in [0, 0.05) is 32.5 Å². The molecule has 0 saturated carbocycles. The van der Waals surface area contributed by atoms with Gasteiger partial charge in [-0.25, -0.2) is 13.8 Å². The van der Waals surface area contributed by atoms with Gasteiger partial charge in [-0.05, 0) is 42.7 Å². The first-order valence-corrected chi connectivity index (χ1v) is 11.5. The molecular weight excluding hydrogens is 440 g/mol. The lowest BCUT2D eigenvalue weighted by molar-refractivity contribution is -0.125. The molecule has 2 N–H and O–H groups in total. The van der Waals surface area contributed by atoms with Crippen LogP contribution < -0.4 is 10.6 Å². The Hall–Kier alpha value is -3.33. The lowest BCUT2D eigenvalue weighted by atomic mass is 9.76. The van der Waals surface area contributed by atoms with Crippen LogP contribution in [0.5, 0.6) is 0 Å². The first kappa shape index (κ1) is 22.5. The molecule has 0 aliphatic carbocycles. The maximum absolute atomic E-state index is 14.0. The van der Waals surface area contributed by atoms with Gasteiger partial charge in [-0.2, -0.15) is 0 Å². The Labute approximate surface area is 196 Å². The highest BCUT2D eigenvalue weighted by molar-refractivity contribution is 5.80. The number of fused-ring (bicyclic) bond motifs is 1. The monoisotopic (exact) mass is 467 g/mol. The minimum Gasteiger partial charge on any atom is -0.349 e. The van der Waals surface area contributed by atoms with Crippen LogP contribution in [0.25, 0.3) is 11.0 Å². The average Bonchev–Trinajstić information content (AvgIpc) is 3.31. The number of amides is 2. The SMILES string of the molecule is Cn1c(CNC(=O)CN2C[C@@H](c3ccc(F)c(F)c3)[C@@]3(CCCC(=O)N3)C2)nc2ccccc21. The molecule has 0 bridgehead atoms. The fourth-order valence-corrected chi connectivity index (χ4v) is 5.42. The maximum Gasteiger partial charge on any atom is 0.234 e. The zero-order valence-electron chi connectivity index (χ0n) is 19.0. The third kappa shape index (κ3) is 4.16. The summed E-state index contributed by atoms with van der Waals surface area (Å²) < 4.78 is 29.5. The summed E-state index contributed by atoms with van der Waals surface area (Å²) >= 11 is 0. The number of carbonyl (C=O) groups is 2. The van der Waals surface area contributed by atoms with Gasteiger partial charge in [0.15, 0.2) is 11.6 Å². The number of para-hydroxylation sites is 2. The van der Waals surface area contributed by atoms with Gasteiger partial charge in [0.2, 0.25) is 11.8 Å². The zero-order valence-corrected chi connectivity index (χ0v) is 19.0. The summed E-state index contributed by atoms with van der Waals surface area (Å²) in [5, 5.41) is 6.05. The number of carbonyl (C=O) groups excluding carboxylic acids is 2. The second kappa shape index (κ2) is 8.79. The van der Waals surface area contributed by atoms with Crippen molar-refractivity contribution in [2.75, 3.05) is 19.6 Å². The Balaban J connectivity index is 1.29. The van der Waals surface area contributed by atoms with E-state index in [1.54, 1.807) is 6.07 Å². The number of benzene rings is 2. The molecule has 7 nitrogen and oxygen atoms in total. The van der Waals surface area contributed by atoms with Crippen LogP contribution >= 0.6 is 0 Å². The van der Waals surface area contributed by atoms with Gasteiger partial charge in [0.25, 0.3) is 0 Å².